The summed E-state index contributed by atoms with van der Waals surface area (Å²) < 4.78 is 10.6. The lowest BCUT2D eigenvalue weighted by Gasteiger charge is -2.11. The Labute approximate surface area is 202 Å². The highest BCUT2D eigenvalue weighted by molar-refractivity contribution is 8.18. The number of rotatable bonds is 7. The lowest BCUT2D eigenvalue weighted by molar-refractivity contribution is -0.122. The molecule has 1 amide bonds. The number of hydrogen-bond donors (Lipinski definition) is 0. The van der Waals surface area contributed by atoms with E-state index in [1.165, 1.54) is 18.9 Å². The van der Waals surface area contributed by atoms with Crippen LogP contribution in [0.2, 0.25) is 0 Å². The fraction of sp³-hybridized carbons (Fsp3) is 0.148. The zero-order valence-electron chi connectivity index (χ0n) is 18.9. The third kappa shape index (κ3) is 5.55. The predicted molar refractivity (Wildman–Crippen MR) is 135 cm³/mol. The lowest BCUT2D eigenvalue weighted by Crippen LogP contribution is -2.28. The minimum Gasteiger partial charge on any atom is -0.489 e. The summed E-state index contributed by atoms with van der Waals surface area (Å²) in [5.74, 6) is 0.262. The van der Waals surface area contributed by atoms with Crippen LogP contribution in [0.4, 0.5) is 5.69 Å². The van der Waals surface area contributed by atoms with E-state index in [2.05, 4.69) is 4.99 Å². The number of esters is 1. The number of amides is 1. The van der Waals surface area contributed by atoms with Crippen LogP contribution in [0.3, 0.4) is 0 Å². The van der Waals surface area contributed by atoms with Crippen LogP contribution in [0.5, 0.6) is 5.75 Å². The third-order valence-corrected chi connectivity index (χ3v) is 6.13. The molecule has 1 heterocycles. The molecule has 0 unspecified atom stereocenters. The molecule has 1 aliphatic heterocycles. The SMILES string of the molecule is CCN1C(=O)C(=Cc2cccc(OCc3ccc(C(=O)OC)cc3)c2)SC1=Nc1ccccc1. The van der Waals surface area contributed by atoms with Crippen molar-refractivity contribution in [2.75, 3.05) is 13.7 Å². The fourth-order valence-corrected chi connectivity index (χ4v) is 4.41. The van der Waals surface area contributed by atoms with Crippen LogP contribution in [0.1, 0.15) is 28.4 Å². The van der Waals surface area contributed by atoms with Crippen LogP contribution in [0, 0.1) is 0 Å². The number of aliphatic imine (C=N–C) groups is 1. The molecule has 3 aromatic carbocycles. The van der Waals surface area contributed by atoms with Gasteiger partial charge >= 0.3 is 5.97 Å². The van der Waals surface area contributed by atoms with Crippen LogP contribution in [-0.2, 0) is 16.1 Å². The van der Waals surface area contributed by atoms with Crippen molar-refractivity contribution in [1.82, 2.24) is 4.90 Å². The molecular weight excluding hydrogens is 448 g/mol. The Morgan fingerprint density at radius 1 is 1.03 bits per heavy atom. The number of methoxy groups -OCH3 is 1. The molecule has 0 spiro atoms. The number of benzene rings is 3. The number of carbonyl (C=O) groups is 2. The van der Waals surface area contributed by atoms with E-state index in [-0.39, 0.29) is 11.9 Å². The van der Waals surface area contributed by atoms with Crippen LogP contribution in [0.15, 0.2) is 88.8 Å². The largest absolute Gasteiger partial charge is 0.489 e. The summed E-state index contributed by atoms with van der Waals surface area (Å²) in [6, 6.07) is 24.3. The van der Waals surface area contributed by atoms with Gasteiger partial charge in [0, 0.05) is 6.54 Å². The second kappa shape index (κ2) is 10.9. The highest BCUT2D eigenvalue weighted by atomic mass is 32.2. The second-order valence-electron chi connectivity index (χ2n) is 7.44. The molecule has 0 aromatic heterocycles. The van der Waals surface area contributed by atoms with E-state index in [4.69, 9.17) is 9.47 Å². The van der Waals surface area contributed by atoms with Gasteiger partial charge in [0.25, 0.3) is 5.91 Å². The maximum atomic E-state index is 12.9. The van der Waals surface area contributed by atoms with Crippen molar-refractivity contribution < 1.29 is 19.1 Å². The molecule has 1 saturated heterocycles. The Morgan fingerprint density at radius 2 is 1.79 bits per heavy atom. The lowest BCUT2D eigenvalue weighted by atomic mass is 10.1. The van der Waals surface area contributed by atoms with Gasteiger partial charge in [0.1, 0.15) is 12.4 Å². The second-order valence-corrected chi connectivity index (χ2v) is 8.45. The van der Waals surface area contributed by atoms with Crippen molar-refractivity contribution in [3.8, 4) is 5.75 Å². The van der Waals surface area contributed by atoms with Crippen LogP contribution >= 0.6 is 11.8 Å². The van der Waals surface area contributed by atoms with E-state index in [9.17, 15) is 9.59 Å². The van der Waals surface area contributed by atoms with Gasteiger partial charge in [0.15, 0.2) is 5.17 Å². The van der Waals surface area contributed by atoms with E-state index in [0.29, 0.717) is 34.5 Å². The number of thioether (sulfide) groups is 1. The molecule has 1 aliphatic rings. The van der Waals surface area contributed by atoms with Gasteiger partial charge < -0.3 is 9.47 Å². The van der Waals surface area contributed by atoms with Crippen LogP contribution in [-0.4, -0.2) is 35.6 Å². The number of likely N-dealkylation sites (N-methyl/N-ethyl adjacent to an activating group) is 1. The number of nitrogens with zero attached hydrogens (tertiary/aromatic N) is 2. The smallest absolute Gasteiger partial charge is 0.337 e. The minimum atomic E-state index is -0.369. The summed E-state index contributed by atoms with van der Waals surface area (Å²) in [6.07, 6.45) is 1.86. The quantitative estimate of drug-likeness (QED) is 0.327. The summed E-state index contributed by atoms with van der Waals surface area (Å²) >= 11 is 1.37. The van der Waals surface area contributed by atoms with Gasteiger partial charge in [-0.3, -0.25) is 9.69 Å². The first kappa shape index (κ1) is 23.3. The van der Waals surface area contributed by atoms with Crippen molar-refractivity contribution in [2.24, 2.45) is 4.99 Å². The first-order valence-electron chi connectivity index (χ1n) is 10.8. The van der Waals surface area contributed by atoms with Crippen molar-refractivity contribution in [1.29, 1.82) is 0 Å². The van der Waals surface area contributed by atoms with Crippen molar-refractivity contribution in [2.45, 2.75) is 13.5 Å². The molecular formula is C27H24N2O4S. The van der Waals surface area contributed by atoms with Crippen LogP contribution < -0.4 is 4.74 Å². The number of para-hydroxylation sites is 1. The van der Waals surface area contributed by atoms with Gasteiger partial charge in [-0.05, 0) is 72.3 Å². The van der Waals surface area contributed by atoms with Gasteiger partial charge in [-0.15, -0.1) is 0 Å². The molecule has 4 rings (SSSR count). The molecule has 34 heavy (non-hydrogen) atoms. The van der Waals surface area contributed by atoms with Gasteiger partial charge in [-0.1, -0.05) is 42.5 Å². The van der Waals surface area contributed by atoms with Crippen molar-refractivity contribution in [3.05, 3.63) is 100 Å². The molecule has 0 atom stereocenters. The number of carbonyl (C=O) groups excluding carboxylic acids is 2. The number of hydrogen-bond acceptors (Lipinski definition) is 6. The molecule has 172 valence electrons. The predicted octanol–water partition coefficient (Wildman–Crippen LogP) is 5.68. The maximum absolute atomic E-state index is 12.9. The Morgan fingerprint density at radius 3 is 2.50 bits per heavy atom. The van der Waals surface area contributed by atoms with Gasteiger partial charge in [0.05, 0.1) is 23.3 Å². The van der Waals surface area contributed by atoms with E-state index in [0.717, 1.165) is 16.8 Å². The standard InChI is InChI=1S/C27H24N2O4S/c1-3-29-25(30)24(34-27(29)28-22-9-5-4-6-10-22)17-20-8-7-11-23(16-20)33-18-19-12-14-21(15-13-19)26(31)32-2/h4-17H,3,18H2,1-2H3. The molecule has 0 N–H and O–H groups in total. The van der Waals surface area contributed by atoms with E-state index in [1.54, 1.807) is 17.0 Å². The van der Waals surface area contributed by atoms with Gasteiger partial charge in [-0.2, -0.15) is 0 Å². The summed E-state index contributed by atoms with van der Waals surface area (Å²) in [6.45, 7) is 2.84. The molecule has 0 saturated carbocycles. The normalized spacial score (nSPS) is 15.7. The van der Waals surface area contributed by atoms with E-state index in [1.807, 2.05) is 79.7 Å². The molecule has 0 bridgehead atoms. The molecule has 0 aliphatic carbocycles. The summed E-state index contributed by atoms with van der Waals surface area (Å²) in [5.41, 5.74) is 3.10. The van der Waals surface area contributed by atoms with Crippen molar-refractivity contribution >= 4 is 40.6 Å². The monoisotopic (exact) mass is 472 g/mol. The maximum Gasteiger partial charge on any atom is 0.337 e. The summed E-state index contributed by atoms with van der Waals surface area (Å²) in [4.78, 5) is 31.4. The fourth-order valence-electron chi connectivity index (χ4n) is 3.35. The zero-order valence-corrected chi connectivity index (χ0v) is 19.7. The molecule has 1 fully saturated rings. The highest BCUT2D eigenvalue weighted by Crippen LogP contribution is 2.34. The Kier molecular flexibility index (Phi) is 7.44. The third-order valence-electron chi connectivity index (χ3n) is 5.12. The first-order chi connectivity index (χ1) is 16.6. The Balaban J connectivity index is 1.47. The number of ether oxygens (including phenoxy) is 2. The van der Waals surface area contributed by atoms with E-state index >= 15 is 0 Å². The van der Waals surface area contributed by atoms with Gasteiger partial charge in [-0.25, -0.2) is 9.79 Å². The summed E-state index contributed by atoms with van der Waals surface area (Å²) in [5, 5.41) is 0.674. The summed E-state index contributed by atoms with van der Waals surface area (Å²) in [7, 11) is 1.36. The Bertz CT molecular complexity index is 1240. The zero-order chi connectivity index (χ0) is 23.9. The van der Waals surface area contributed by atoms with E-state index < -0.39 is 0 Å². The van der Waals surface area contributed by atoms with Crippen molar-refractivity contribution in [3.63, 3.8) is 0 Å². The molecule has 3 aromatic rings. The molecule has 6 nitrogen and oxygen atoms in total. The average Bonchev–Trinajstić information content (AvgIpc) is 3.16. The van der Waals surface area contributed by atoms with Gasteiger partial charge in [0.2, 0.25) is 0 Å². The van der Waals surface area contributed by atoms with Crippen LogP contribution in [0.25, 0.3) is 6.08 Å². The number of amidine groups is 1. The first-order valence-corrected chi connectivity index (χ1v) is 11.6. The average molecular weight is 473 g/mol. The highest BCUT2D eigenvalue weighted by Gasteiger charge is 2.32. The molecule has 7 heteroatoms. The topological polar surface area (TPSA) is 68.2 Å². The minimum absolute atomic E-state index is 0.0563. The molecule has 0 radical (unpaired) electrons. The Hall–Kier alpha value is -3.84.